The number of piperazine rings is 1. The monoisotopic (exact) mass is 434 g/mol. The molecule has 1 atom stereocenters. The molecule has 1 saturated carbocycles. The van der Waals surface area contributed by atoms with E-state index in [0.29, 0.717) is 6.04 Å². The zero-order chi connectivity index (χ0) is 22.1. The van der Waals surface area contributed by atoms with Crippen LogP contribution < -0.4 is 4.90 Å². The maximum atomic E-state index is 13.7. The van der Waals surface area contributed by atoms with Crippen molar-refractivity contribution in [3.8, 4) is 0 Å². The number of aryl methyl sites for hydroxylation is 2. The number of benzene rings is 2. The molecule has 0 spiro atoms. The first-order valence-corrected chi connectivity index (χ1v) is 11.7. The normalized spacial score (nSPS) is 18.9. The lowest BCUT2D eigenvalue weighted by molar-refractivity contribution is 0.197. The third-order valence-corrected chi connectivity index (χ3v) is 7.00. The van der Waals surface area contributed by atoms with E-state index >= 15 is 0 Å². The van der Waals surface area contributed by atoms with Crippen LogP contribution in [-0.4, -0.2) is 51.3 Å². The minimum Gasteiger partial charge on any atom is -0.369 e. The van der Waals surface area contributed by atoms with E-state index < -0.39 is 0 Å². The van der Waals surface area contributed by atoms with Gasteiger partial charge in [-0.15, -0.1) is 5.10 Å². The van der Waals surface area contributed by atoms with Crippen molar-refractivity contribution < 1.29 is 4.39 Å². The van der Waals surface area contributed by atoms with Crippen molar-refractivity contribution in [2.75, 3.05) is 31.1 Å². The number of aromatic nitrogens is 4. The first kappa shape index (κ1) is 21.1. The Morgan fingerprint density at radius 3 is 2.38 bits per heavy atom. The predicted octanol–water partition coefficient (Wildman–Crippen LogP) is 4.46. The molecule has 2 heterocycles. The Balaban J connectivity index is 1.43. The van der Waals surface area contributed by atoms with Crippen LogP contribution in [0.25, 0.3) is 0 Å². The molecular formula is C25H31FN6. The van der Waals surface area contributed by atoms with Gasteiger partial charge in [-0.3, -0.25) is 4.90 Å². The second kappa shape index (κ2) is 8.98. The molecule has 1 aliphatic carbocycles. The molecule has 0 unspecified atom stereocenters. The van der Waals surface area contributed by atoms with Crippen LogP contribution in [0.1, 0.15) is 60.3 Å². The molecule has 32 heavy (non-hydrogen) atoms. The molecule has 2 aliphatic rings. The fourth-order valence-corrected chi connectivity index (χ4v) is 5.24. The zero-order valence-electron chi connectivity index (χ0n) is 18.9. The van der Waals surface area contributed by atoms with Crippen LogP contribution in [-0.2, 0) is 0 Å². The van der Waals surface area contributed by atoms with Crippen molar-refractivity contribution in [3.05, 3.63) is 70.8 Å². The summed E-state index contributed by atoms with van der Waals surface area (Å²) in [4.78, 5) is 4.92. The van der Waals surface area contributed by atoms with E-state index in [2.05, 4.69) is 57.4 Å². The van der Waals surface area contributed by atoms with E-state index in [1.54, 1.807) is 12.1 Å². The summed E-state index contributed by atoms with van der Waals surface area (Å²) in [6, 6.07) is 13.8. The Hall–Kier alpha value is -2.80. The third-order valence-electron chi connectivity index (χ3n) is 7.00. The van der Waals surface area contributed by atoms with Crippen molar-refractivity contribution in [2.24, 2.45) is 0 Å². The van der Waals surface area contributed by atoms with E-state index in [1.807, 2.05) is 16.8 Å². The predicted molar refractivity (Wildman–Crippen MR) is 123 cm³/mol. The topological polar surface area (TPSA) is 50.1 Å². The molecule has 2 aromatic carbocycles. The van der Waals surface area contributed by atoms with Crippen molar-refractivity contribution in [1.82, 2.24) is 25.1 Å². The molecule has 2 fully saturated rings. The van der Waals surface area contributed by atoms with Gasteiger partial charge in [-0.1, -0.05) is 37.1 Å². The second-order valence-corrected chi connectivity index (χ2v) is 9.19. The lowest BCUT2D eigenvalue weighted by Crippen LogP contribution is -2.48. The molecule has 0 bridgehead atoms. The Morgan fingerprint density at radius 1 is 0.938 bits per heavy atom. The summed E-state index contributed by atoms with van der Waals surface area (Å²) < 4.78 is 15.7. The molecule has 1 aromatic heterocycles. The highest BCUT2D eigenvalue weighted by atomic mass is 19.1. The Kier molecular flexibility index (Phi) is 5.91. The Morgan fingerprint density at radius 2 is 1.66 bits per heavy atom. The van der Waals surface area contributed by atoms with Gasteiger partial charge in [-0.2, -0.15) is 0 Å². The third kappa shape index (κ3) is 4.13. The van der Waals surface area contributed by atoms with Gasteiger partial charge < -0.3 is 4.90 Å². The van der Waals surface area contributed by atoms with Gasteiger partial charge >= 0.3 is 0 Å². The van der Waals surface area contributed by atoms with Crippen LogP contribution >= 0.6 is 0 Å². The van der Waals surface area contributed by atoms with Crippen LogP contribution in [0.5, 0.6) is 0 Å². The number of hydrogen-bond donors (Lipinski definition) is 0. The molecule has 6 nitrogen and oxygen atoms in total. The van der Waals surface area contributed by atoms with Crippen LogP contribution in [0.3, 0.4) is 0 Å². The SMILES string of the molecule is Cc1ccc(C)c(N2CCN([C@H](c3ccc(F)cc3)c3nnnn3C3CCCC3)CC2)c1. The van der Waals surface area contributed by atoms with Crippen LogP contribution in [0, 0.1) is 19.7 Å². The molecule has 0 radical (unpaired) electrons. The molecule has 7 heteroatoms. The average Bonchev–Trinajstić information content (AvgIpc) is 3.50. The highest BCUT2D eigenvalue weighted by Crippen LogP contribution is 2.35. The molecular weight excluding hydrogens is 403 g/mol. The van der Waals surface area contributed by atoms with Gasteiger partial charge in [0.05, 0.1) is 12.1 Å². The quantitative estimate of drug-likeness (QED) is 0.594. The van der Waals surface area contributed by atoms with Crippen molar-refractivity contribution in [1.29, 1.82) is 0 Å². The average molecular weight is 435 g/mol. The highest BCUT2D eigenvalue weighted by Gasteiger charge is 2.33. The molecule has 1 saturated heterocycles. The first-order chi connectivity index (χ1) is 15.6. The summed E-state index contributed by atoms with van der Waals surface area (Å²) >= 11 is 0. The highest BCUT2D eigenvalue weighted by molar-refractivity contribution is 5.55. The van der Waals surface area contributed by atoms with Gasteiger partial charge in [0.1, 0.15) is 5.82 Å². The number of nitrogens with zero attached hydrogens (tertiary/aromatic N) is 6. The summed E-state index contributed by atoms with van der Waals surface area (Å²) in [5.41, 5.74) is 4.96. The maximum Gasteiger partial charge on any atom is 0.173 e. The van der Waals surface area contributed by atoms with Gasteiger partial charge in [0.25, 0.3) is 0 Å². The number of rotatable bonds is 5. The molecule has 3 aromatic rings. The number of halogens is 1. The van der Waals surface area contributed by atoms with E-state index in [4.69, 9.17) is 0 Å². The zero-order valence-corrected chi connectivity index (χ0v) is 18.9. The summed E-state index contributed by atoms with van der Waals surface area (Å²) in [5.74, 6) is 0.659. The van der Waals surface area contributed by atoms with E-state index in [-0.39, 0.29) is 11.9 Å². The second-order valence-electron chi connectivity index (χ2n) is 9.19. The minimum atomic E-state index is -0.220. The fourth-order valence-electron chi connectivity index (χ4n) is 5.24. The van der Waals surface area contributed by atoms with Gasteiger partial charge in [0.2, 0.25) is 0 Å². The smallest absolute Gasteiger partial charge is 0.173 e. The molecule has 0 amide bonds. The van der Waals surface area contributed by atoms with Crippen LogP contribution in [0.4, 0.5) is 10.1 Å². The number of hydrogen-bond acceptors (Lipinski definition) is 5. The molecule has 5 rings (SSSR count). The summed E-state index contributed by atoms with van der Waals surface area (Å²) in [5, 5.41) is 12.9. The first-order valence-electron chi connectivity index (χ1n) is 11.7. The molecule has 1 aliphatic heterocycles. The van der Waals surface area contributed by atoms with Crippen molar-refractivity contribution in [2.45, 2.75) is 51.6 Å². The summed E-state index contributed by atoms with van der Waals surface area (Å²) in [6.07, 6.45) is 4.68. The van der Waals surface area contributed by atoms with Gasteiger partial charge in [-0.25, -0.2) is 9.07 Å². The van der Waals surface area contributed by atoms with E-state index in [1.165, 1.54) is 29.7 Å². The van der Waals surface area contributed by atoms with Gasteiger partial charge in [-0.05, 0) is 72.0 Å². The fraction of sp³-hybridized carbons (Fsp3) is 0.480. The number of tetrazole rings is 1. The van der Waals surface area contributed by atoms with E-state index in [0.717, 1.165) is 50.4 Å². The van der Waals surface area contributed by atoms with E-state index in [9.17, 15) is 4.39 Å². The Bertz CT molecular complexity index is 1050. The number of anilines is 1. The van der Waals surface area contributed by atoms with Gasteiger partial charge in [0.15, 0.2) is 5.82 Å². The van der Waals surface area contributed by atoms with Crippen molar-refractivity contribution in [3.63, 3.8) is 0 Å². The van der Waals surface area contributed by atoms with Crippen LogP contribution in [0.2, 0.25) is 0 Å². The summed E-state index contributed by atoms with van der Waals surface area (Å²) in [6.45, 7) is 7.99. The largest absolute Gasteiger partial charge is 0.369 e. The minimum absolute atomic E-state index is 0.0769. The van der Waals surface area contributed by atoms with Crippen molar-refractivity contribution >= 4 is 5.69 Å². The lowest BCUT2D eigenvalue weighted by atomic mass is 10.0. The maximum absolute atomic E-state index is 13.7. The molecule has 0 N–H and O–H groups in total. The van der Waals surface area contributed by atoms with Gasteiger partial charge in [0, 0.05) is 31.9 Å². The summed E-state index contributed by atoms with van der Waals surface area (Å²) in [7, 11) is 0. The van der Waals surface area contributed by atoms with Crippen LogP contribution in [0.15, 0.2) is 42.5 Å². The lowest BCUT2D eigenvalue weighted by Gasteiger charge is -2.40. The standard InChI is InChI=1S/C25H31FN6/c1-18-7-8-19(2)23(17-18)30-13-15-31(16-14-30)24(20-9-11-21(26)12-10-20)25-27-28-29-32(25)22-5-3-4-6-22/h7-12,17,22,24H,3-6,13-16H2,1-2H3/t24-/m1/s1. The Labute approximate surface area is 189 Å². The molecule has 168 valence electrons.